The predicted octanol–water partition coefficient (Wildman–Crippen LogP) is 4.85. The lowest BCUT2D eigenvalue weighted by Gasteiger charge is -2.18. The van der Waals surface area contributed by atoms with Crippen molar-refractivity contribution in [2.24, 2.45) is 5.10 Å². The van der Waals surface area contributed by atoms with Crippen LogP contribution < -0.4 is 15.2 Å². The van der Waals surface area contributed by atoms with Crippen LogP contribution in [0.25, 0.3) is 10.9 Å². The van der Waals surface area contributed by atoms with E-state index >= 15 is 0 Å². The Morgan fingerprint density at radius 2 is 2.00 bits per heavy atom. The third-order valence-corrected chi connectivity index (χ3v) is 5.41. The van der Waals surface area contributed by atoms with Crippen molar-refractivity contribution in [1.29, 1.82) is 0 Å². The number of aryl methyl sites for hydroxylation is 1. The third-order valence-electron chi connectivity index (χ3n) is 4.92. The first-order valence-corrected chi connectivity index (χ1v) is 10.9. The summed E-state index contributed by atoms with van der Waals surface area (Å²) >= 11 is 3.43. The summed E-state index contributed by atoms with van der Waals surface area (Å²) in [6.45, 7) is 6.08. The second-order valence-electron chi connectivity index (χ2n) is 7.36. The first-order chi connectivity index (χ1) is 14.3. The number of halogens is 1. The van der Waals surface area contributed by atoms with Crippen LogP contribution >= 0.6 is 15.9 Å². The van der Waals surface area contributed by atoms with Gasteiger partial charge in [-0.15, -0.1) is 0 Å². The second kappa shape index (κ2) is 9.43. The van der Waals surface area contributed by atoms with Crippen LogP contribution in [0.3, 0.4) is 0 Å². The summed E-state index contributed by atoms with van der Waals surface area (Å²) < 4.78 is 8.33. The average Bonchev–Trinajstić information content (AvgIpc) is 2.73. The van der Waals surface area contributed by atoms with Gasteiger partial charge in [-0.3, -0.25) is 4.79 Å². The van der Waals surface area contributed by atoms with Crippen molar-refractivity contribution in [3.63, 3.8) is 0 Å². The summed E-state index contributed by atoms with van der Waals surface area (Å²) in [4.78, 5) is 19.7. The van der Waals surface area contributed by atoms with Crippen molar-refractivity contribution in [3.8, 4) is 5.75 Å². The van der Waals surface area contributed by atoms with Crippen LogP contribution in [0.15, 0.2) is 50.8 Å². The number of anilines is 1. The lowest BCUT2D eigenvalue weighted by Crippen LogP contribution is -2.22. The zero-order valence-electron chi connectivity index (χ0n) is 18.0. The smallest absolute Gasteiger partial charge is 0.282 e. The molecule has 0 aliphatic rings. The first-order valence-electron chi connectivity index (χ1n) is 10.1. The number of hydrogen-bond acceptors (Lipinski definition) is 5. The second-order valence-corrected chi connectivity index (χ2v) is 8.27. The van der Waals surface area contributed by atoms with Gasteiger partial charge < -0.3 is 9.64 Å². The van der Waals surface area contributed by atoms with Gasteiger partial charge in [-0.25, -0.2) is 4.98 Å². The van der Waals surface area contributed by atoms with Crippen LogP contribution in [-0.2, 0) is 6.42 Å². The Bertz CT molecular complexity index is 1140. The SMILES string of the molecule is CCc1nc2ccc(Br)cc2c(=O)n1N=Cc1ccc(N(C)C)cc1O[C@@H](C)CC. The summed E-state index contributed by atoms with van der Waals surface area (Å²) in [5.74, 6) is 1.35. The van der Waals surface area contributed by atoms with Gasteiger partial charge in [0.05, 0.1) is 23.2 Å². The molecule has 0 N–H and O–H groups in total. The minimum atomic E-state index is -0.191. The highest BCUT2D eigenvalue weighted by molar-refractivity contribution is 9.10. The molecule has 0 unspecified atom stereocenters. The number of aromatic nitrogens is 2. The molecule has 0 bridgehead atoms. The van der Waals surface area contributed by atoms with Crippen LogP contribution in [-0.4, -0.2) is 36.1 Å². The molecule has 0 spiro atoms. The van der Waals surface area contributed by atoms with Crippen molar-refractivity contribution < 1.29 is 4.74 Å². The maximum Gasteiger partial charge on any atom is 0.282 e. The molecular formula is C23H27BrN4O2. The number of fused-ring (bicyclic) bond motifs is 1. The molecule has 6 nitrogen and oxygen atoms in total. The van der Waals surface area contributed by atoms with E-state index in [0.717, 1.165) is 27.9 Å². The fourth-order valence-corrected chi connectivity index (χ4v) is 3.33. The van der Waals surface area contributed by atoms with Gasteiger partial charge in [0.2, 0.25) is 0 Å². The van der Waals surface area contributed by atoms with Gasteiger partial charge in [-0.2, -0.15) is 9.78 Å². The molecule has 30 heavy (non-hydrogen) atoms. The van der Waals surface area contributed by atoms with Gasteiger partial charge in [0.1, 0.15) is 11.6 Å². The van der Waals surface area contributed by atoms with E-state index in [1.807, 2.05) is 63.2 Å². The highest BCUT2D eigenvalue weighted by Crippen LogP contribution is 2.25. The molecule has 158 valence electrons. The Balaban J connectivity index is 2.09. The predicted molar refractivity (Wildman–Crippen MR) is 127 cm³/mol. The Kier molecular flexibility index (Phi) is 6.92. The van der Waals surface area contributed by atoms with E-state index in [-0.39, 0.29) is 11.7 Å². The van der Waals surface area contributed by atoms with Crippen molar-refractivity contribution in [2.75, 3.05) is 19.0 Å². The Morgan fingerprint density at radius 1 is 1.23 bits per heavy atom. The van der Waals surface area contributed by atoms with Crippen molar-refractivity contribution >= 4 is 38.7 Å². The number of nitrogens with zero attached hydrogens (tertiary/aromatic N) is 4. The molecule has 0 fully saturated rings. The Morgan fingerprint density at radius 3 is 2.67 bits per heavy atom. The monoisotopic (exact) mass is 470 g/mol. The minimum absolute atomic E-state index is 0.0724. The molecule has 0 saturated heterocycles. The van der Waals surface area contributed by atoms with Crippen molar-refractivity contribution in [2.45, 2.75) is 39.7 Å². The number of ether oxygens (including phenoxy) is 1. The molecule has 0 aliphatic heterocycles. The number of benzene rings is 2. The van der Waals surface area contributed by atoms with Crippen molar-refractivity contribution in [3.05, 3.63) is 62.6 Å². The third kappa shape index (κ3) is 4.73. The quantitative estimate of drug-likeness (QED) is 0.463. The van der Waals surface area contributed by atoms with Crippen molar-refractivity contribution in [1.82, 2.24) is 9.66 Å². The maximum atomic E-state index is 13.1. The number of hydrogen-bond donors (Lipinski definition) is 0. The lowest BCUT2D eigenvalue weighted by atomic mass is 10.2. The van der Waals surface area contributed by atoms with Gasteiger partial charge in [0.15, 0.2) is 0 Å². The zero-order chi connectivity index (χ0) is 21.8. The van der Waals surface area contributed by atoms with Crippen LogP contribution in [0.5, 0.6) is 5.75 Å². The summed E-state index contributed by atoms with van der Waals surface area (Å²) in [6.07, 6.45) is 3.23. The van der Waals surface area contributed by atoms with Gasteiger partial charge >= 0.3 is 0 Å². The van der Waals surface area contributed by atoms with E-state index in [1.165, 1.54) is 4.68 Å². The average molecular weight is 471 g/mol. The molecule has 7 heteroatoms. The van der Waals surface area contributed by atoms with Crippen LogP contribution in [0.1, 0.15) is 38.6 Å². The summed E-state index contributed by atoms with van der Waals surface area (Å²) in [6, 6.07) is 11.5. The van der Waals surface area contributed by atoms with Gasteiger partial charge in [-0.05, 0) is 43.7 Å². The van der Waals surface area contributed by atoms with E-state index in [0.29, 0.717) is 23.1 Å². The molecule has 3 rings (SSSR count). The normalized spacial score (nSPS) is 12.5. The fourth-order valence-electron chi connectivity index (χ4n) is 2.97. The highest BCUT2D eigenvalue weighted by atomic mass is 79.9. The summed E-state index contributed by atoms with van der Waals surface area (Å²) in [7, 11) is 3.98. The van der Waals surface area contributed by atoms with Gasteiger partial charge in [-0.1, -0.05) is 29.8 Å². The standard InChI is InChI=1S/C23H27BrN4O2/c1-6-15(3)30-21-13-18(27(4)5)10-8-16(21)14-25-28-22(7-2)26-20-11-9-17(24)12-19(20)23(28)29/h8-15H,6-7H2,1-5H3/t15-/m0/s1. The molecule has 1 heterocycles. The summed E-state index contributed by atoms with van der Waals surface area (Å²) in [5.41, 5.74) is 2.32. The van der Waals surface area contributed by atoms with E-state index in [2.05, 4.69) is 32.9 Å². The van der Waals surface area contributed by atoms with E-state index in [9.17, 15) is 4.79 Å². The first kappa shape index (κ1) is 22.0. The maximum absolute atomic E-state index is 13.1. The molecule has 0 amide bonds. The fraction of sp³-hybridized carbons (Fsp3) is 0.348. The Labute approximate surface area is 185 Å². The molecule has 0 aliphatic carbocycles. The van der Waals surface area contributed by atoms with E-state index in [1.54, 1.807) is 12.3 Å². The summed E-state index contributed by atoms with van der Waals surface area (Å²) in [5, 5.41) is 5.03. The highest BCUT2D eigenvalue weighted by Gasteiger charge is 2.12. The van der Waals surface area contributed by atoms with Crippen LogP contribution in [0, 0.1) is 0 Å². The molecule has 2 aromatic carbocycles. The zero-order valence-corrected chi connectivity index (χ0v) is 19.6. The largest absolute Gasteiger partial charge is 0.490 e. The topological polar surface area (TPSA) is 59.7 Å². The van der Waals surface area contributed by atoms with E-state index < -0.39 is 0 Å². The van der Waals surface area contributed by atoms with Crippen LogP contribution in [0.2, 0.25) is 0 Å². The minimum Gasteiger partial charge on any atom is -0.490 e. The molecule has 0 saturated carbocycles. The molecule has 0 radical (unpaired) electrons. The van der Waals surface area contributed by atoms with Crippen LogP contribution in [0.4, 0.5) is 5.69 Å². The van der Waals surface area contributed by atoms with E-state index in [4.69, 9.17) is 4.74 Å². The molecule has 1 aromatic heterocycles. The number of rotatable bonds is 7. The molecule has 1 atom stereocenters. The molecular weight excluding hydrogens is 444 g/mol. The molecule has 3 aromatic rings. The van der Waals surface area contributed by atoms with Gasteiger partial charge in [0.25, 0.3) is 5.56 Å². The lowest BCUT2D eigenvalue weighted by molar-refractivity contribution is 0.217. The van der Waals surface area contributed by atoms with Gasteiger partial charge in [0, 0.05) is 42.3 Å². The Hall–Kier alpha value is -2.67.